The van der Waals surface area contributed by atoms with E-state index in [1.165, 1.54) is 0 Å². The van der Waals surface area contributed by atoms with Gasteiger partial charge < -0.3 is 14.3 Å². The number of nitrogens with zero attached hydrogens (tertiary/aromatic N) is 1. The van der Waals surface area contributed by atoms with Crippen molar-refractivity contribution < 1.29 is 19.2 Å². The van der Waals surface area contributed by atoms with Gasteiger partial charge in [-0.25, -0.2) is 0 Å². The third kappa shape index (κ3) is 3.43. The average molecular weight is 265 g/mol. The van der Waals surface area contributed by atoms with E-state index in [1.807, 2.05) is 6.07 Å². The van der Waals surface area contributed by atoms with Crippen LogP contribution in [0.2, 0.25) is 0 Å². The SMILES string of the molecule is O=CCCCC(C[N+](=O)[O-])c1ccc2c(c1)OCO2. The number of rotatable bonds is 7. The number of hydrogen-bond donors (Lipinski definition) is 0. The van der Waals surface area contributed by atoms with Crippen LogP contribution in [-0.2, 0) is 4.79 Å². The molecule has 2 rings (SSSR count). The molecule has 6 nitrogen and oxygen atoms in total. The first-order valence-electron chi connectivity index (χ1n) is 6.15. The van der Waals surface area contributed by atoms with E-state index in [1.54, 1.807) is 12.1 Å². The molecule has 1 aliphatic rings. The van der Waals surface area contributed by atoms with Gasteiger partial charge in [0.25, 0.3) is 0 Å². The van der Waals surface area contributed by atoms with Gasteiger partial charge in [-0.1, -0.05) is 6.07 Å². The average Bonchev–Trinajstić information content (AvgIpc) is 2.84. The van der Waals surface area contributed by atoms with Crippen LogP contribution in [0.25, 0.3) is 0 Å². The number of unbranched alkanes of at least 4 members (excludes halogenated alkanes) is 1. The predicted octanol–water partition coefficient (Wildman–Crippen LogP) is 2.14. The monoisotopic (exact) mass is 265 g/mol. The van der Waals surface area contributed by atoms with Crippen LogP contribution in [0.4, 0.5) is 0 Å². The summed E-state index contributed by atoms with van der Waals surface area (Å²) in [7, 11) is 0. The van der Waals surface area contributed by atoms with Crippen molar-refractivity contribution in [3.05, 3.63) is 33.9 Å². The molecule has 0 spiro atoms. The third-order valence-electron chi connectivity index (χ3n) is 3.11. The predicted molar refractivity (Wildman–Crippen MR) is 67.1 cm³/mol. The summed E-state index contributed by atoms with van der Waals surface area (Å²) in [5.74, 6) is 1.09. The summed E-state index contributed by atoms with van der Waals surface area (Å²) in [6.45, 7) is 0.0440. The molecule has 0 radical (unpaired) electrons. The van der Waals surface area contributed by atoms with Crippen LogP contribution in [-0.4, -0.2) is 24.5 Å². The topological polar surface area (TPSA) is 78.7 Å². The lowest BCUT2D eigenvalue weighted by molar-refractivity contribution is -0.483. The molecule has 0 fully saturated rings. The Bertz CT molecular complexity index is 474. The van der Waals surface area contributed by atoms with Crippen molar-refractivity contribution >= 4 is 6.29 Å². The van der Waals surface area contributed by atoms with Gasteiger partial charge in [0.15, 0.2) is 11.5 Å². The molecular formula is C13H15NO5. The molecule has 0 amide bonds. The molecule has 0 N–H and O–H groups in total. The van der Waals surface area contributed by atoms with Crippen molar-refractivity contribution in [1.29, 1.82) is 0 Å². The van der Waals surface area contributed by atoms with Crippen LogP contribution >= 0.6 is 0 Å². The van der Waals surface area contributed by atoms with Crippen LogP contribution < -0.4 is 9.47 Å². The number of benzene rings is 1. The Kier molecular flexibility index (Phi) is 4.33. The molecule has 6 heteroatoms. The lowest BCUT2D eigenvalue weighted by Gasteiger charge is -2.13. The lowest BCUT2D eigenvalue weighted by atomic mass is 9.93. The fraction of sp³-hybridized carbons (Fsp3) is 0.462. The van der Waals surface area contributed by atoms with Crippen molar-refractivity contribution in [3.63, 3.8) is 0 Å². The van der Waals surface area contributed by atoms with Gasteiger partial charge in [0.1, 0.15) is 6.29 Å². The van der Waals surface area contributed by atoms with Crippen molar-refractivity contribution in [2.75, 3.05) is 13.3 Å². The van der Waals surface area contributed by atoms with Gasteiger partial charge in [-0.2, -0.15) is 0 Å². The molecule has 0 saturated heterocycles. The van der Waals surface area contributed by atoms with Gasteiger partial charge in [0.05, 0.1) is 0 Å². The first-order valence-corrected chi connectivity index (χ1v) is 6.15. The fourth-order valence-corrected chi connectivity index (χ4v) is 2.16. The molecule has 0 saturated carbocycles. The largest absolute Gasteiger partial charge is 0.454 e. The first-order chi connectivity index (χ1) is 9.20. The van der Waals surface area contributed by atoms with Gasteiger partial charge in [0.2, 0.25) is 13.3 Å². The highest BCUT2D eigenvalue weighted by Gasteiger charge is 2.21. The van der Waals surface area contributed by atoms with E-state index in [-0.39, 0.29) is 24.2 Å². The summed E-state index contributed by atoms with van der Waals surface area (Å²) in [5.41, 5.74) is 0.854. The van der Waals surface area contributed by atoms with Crippen LogP contribution in [0.1, 0.15) is 30.7 Å². The zero-order chi connectivity index (χ0) is 13.7. The van der Waals surface area contributed by atoms with E-state index in [4.69, 9.17) is 9.47 Å². The Morgan fingerprint density at radius 3 is 2.89 bits per heavy atom. The number of fused-ring (bicyclic) bond motifs is 1. The molecule has 1 aliphatic heterocycles. The molecule has 0 bridgehead atoms. The summed E-state index contributed by atoms with van der Waals surface area (Å²) in [6, 6.07) is 5.38. The van der Waals surface area contributed by atoms with Crippen molar-refractivity contribution in [2.45, 2.75) is 25.2 Å². The fourth-order valence-electron chi connectivity index (χ4n) is 2.16. The second-order valence-electron chi connectivity index (χ2n) is 4.42. The molecule has 1 atom stereocenters. The zero-order valence-electron chi connectivity index (χ0n) is 10.4. The van der Waals surface area contributed by atoms with E-state index >= 15 is 0 Å². The second kappa shape index (κ2) is 6.17. The molecule has 0 aromatic heterocycles. The smallest absolute Gasteiger partial charge is 0.231 e. The van der Waals surface area contributed by atoms with Gasteiger partial charge in [0, 0.05) is 17.3 Å². The van der Waals surface area contributed by atoms with Gasteiger partial charge in [-0.05, 0) is 30.5 Å². The minimum absolute atomic E-state index is 0.140. The number of aldehydes is 1. The molecule has 0 aliphatic carbocycles. The van der Waals surface area contributed by atoms with E-state index < -0.39 is 0 Å². The van der Waals surface area contributed by atoms with Gasteiger partial charge in [-0.15, -0.1) is 0 Å². The second-order valence-corrected chi connectivity index (χ2v) is 4.42. The number of carbonyl (C=O) groups excluding carboxylic acids is 1. The molecular weight excluding hydrogens is 250 g/mol. The molecule has 1 heterocycles. The molecule has 102 valence electrons. The van der Waals surface area contributed by atoms with E-state index in [0.717, 1.165) is 11.8 Å². The minimum Gasteiger partial charge on any atom is -0.454 e. The van der Waals surface area contributed by atoms with Crippen LogP contribution in [0.5, 0.6) is 11.5 Å². The number of nitro groups is 1. The standard InChI is InChI=1S/C13H15NO5/c15-6-2-1-3-11(8-14(16)17)10-4-5-12-13(7-10)19-9-18-12/h4-7,11H,1-3,8-9H2. The quantitative estimate of drug-likeness (QED) is 0.326. The summed E-state index contributed by atoms with van der Waals surface area (Å²) < 4.78 is 10.5. The van der Waals surface area contributed by atoms with Crippen LogP contribution in [0.15, 0.2) is 18.2 Å². The molecule has 19 heavy (non-hydrogen) atoms. The Balaban J connectivity index is 2.12. The van der Waals surface area contributed by atoms with Crippen LogP contribution in [0.3, 0.4) is 0 Å². The summed E-state index contributed by atoms with van der Waals surface area (Å²) in [4.78, 5) is 20.7. The van der Waals surface area contributed by atoms with Gasteiger partial charge in [-0.3, -0.25) is 10.1 Å². The maximum atomic E-state index is 10.7. The maximum absolute atomic E-state index is 10.7. The van der Waals surface area contributed by atoms with Crippen molar-refractivity contribution in [2.24, 2.45) is 0 Å². The highest BCUT2D eigenvalue weighted by molar-refractivity contribution is 5.49. The van der Waals surface area contributed by atoms with Crippen molar-refractivity contribution in [3.8, 4) is 11.5 Å². The number of hydrogen-bond acceptors (Lipinski definition) is 5. The molecule has 1 unspecified atom stereocenters. The summed E-state index contributed by atoms with van der Waals surface area (Å²) >= 11 is 0. The van der Waals surface area contributed by atoms with Crippen molar-refractivity contribution in [1.82, 2.24) is 0 Å². The normalized spacial score (nSPS) is 14.1. The number of carbonyl (C=O) groups is 1. The van der Waals surface area contributed by atoms with E-state index in [0.29, 0.717) is 30.8 Å². The van der Waals surface area contributed by atoms with E-state index in [9.17, 15) is 14.9 Å². The Labute approximate surface area is 110 Å². The van der Waals surface area contributed by atoms with Gasteiger partial charge >= 0.3 is 0 Å². The minimum atomic E-state index is -0.323. The Hall–Kier alpha value is -2.11. The number of ether oxygens (including phenoxy) is 2. The van der Waals surface area contributed by atoms with Crippen LogP contribution in [0, 0.1) is 10.1 Å². The Morgan fingerprint density at radius 2 is 2.16 bits per heavy atom. The Morgan fingerprint density at radius 1 is 1.37 bits per heavy atom. The third-order valence-corrected chi connectivity index (χ3v) is 3.11. The zero-order valence-corrected chi connectivity index (χ0v) is 10.4. The highest BCUT2D eigenvalue weighted by Crippen LogP contribution is 2.35. The van der Waals surface area contributed by atoms with E-state index in [2.05, 4.69) is 0 Å². The first kappa shape index (κ1) is 13.3. The summed E-state index contributed by atoms with van der Waals surface area (Å²) in [6.07, 6.45) is 2.53. The highest BCUT2D eigenvalue weighted by atomic mass is 16.7. The molecule has 1 aromatic carbocycles. The summed E-state index contributed by atoms with van der Waals surface area (Å²) in [5, 5.41) is 10.7. The maximum Gasteiger partial charge on any atom is 0.231 e. The molecule has 1 aromatic rings. The lowest BCUT2D eigenvalue weighted by Crippen LogP contribution is -2.12.